The Labute approximate surface area is 116 Å². The minimum absolute atomic E-state index is 0.139. The fourth-order valence-electron chi connectivity index (χ4n) is 2.07. The summed E-state index contributed by atoms with van der Waals surface area (Å²) in [5.74, 6) is 0.364. The maximum atomic E-state index is 11.9. The maximum Gasteiger partial charge on any atom is 0.269 e. The third kappa shape index (κ3) is 2.36. The van der Waals surface area contributed by atoms with Crippen LogP contribution in [0, 0.1) is 0 Å². The zero-order valence-electron chi connectivity index (χ0n) is 10.6. The van der Waals surface area contributed by atoms with Crippen molar-refractivity contribution < 1.29 is 4.79 Å². The van der Waals surface area contributed by atoms with Gasteiger partial charge in [-0.2, -0.15) is 5.10 Å². The highest BCUT2D eigenvalue weighted by Gasteiger charge is 2.28. The topological polar surface area (TPSA) is 46.9 Å². The molecule has 4 nitrogen and oxygen atoms in total. The Morgan fingerprint density at radius 3 is 2.84 bits per heavy atom. The SMILES string of the molecule is CNC(=O)c1cc(C2CC2)nn1-c1cccc(Cl)c1. The van der Waals surface area contributed by atoms with Crippen LogP contribution in [0.15, 0.2) is 30.3 Å². The van der Waals surface area contributed by atoms with E-state index in [0.29, 0.717) is 16.6 Å². The van der Waals surface area contributed by atoms with Gasteiger partial charge in [0.05, 0.1) is 11.4 Å². The summed E-state index contributed by atoms with van der Waals surface area (Å²) < 4.78 is 1.67. The predicted octanol–water partition coefficient (Wildman–Crippen LogP) is 2.76. The summed E-state index contributed by atoms with van der Waals surface area (Å²) in [7, 11) is 1.62. The highest BCUT2D eigenvalue weighted by Crippen LogP contribution is 2.39. The van der Waals surface area contributed by atoms with Gasteiger partial charge in [0.25, 0.3) is 5.91 Å². The van der Waals surface area contributed by atoms with E-state index in [9.17, 15) is 4.79 Å². The van der Waals surface area contributed by atoms with Crippen LogP contribution in [0.3, 0.4) is 0 Å². The highest BCUT2D eigenvalue weighted by molar-refractivity contribution is 6.30. The zero-order chi connectivity index (χ0) is 13.4. The van der Waals surface area contributed by atoms with Crippen LogP contribution in [0.1, 0.15) is 34.9 Å². The molecule has 0 saturated heterocycles. The van der Waals surface area contributed by atoms with Crippen LogP contribution in [0.25, 0.3) is 5.69 Å². The summed E-state index contributed by atoms with van der Waals surface area (Å²) in [6, 6.07) is 9.22. The van der Waals surface area contributed by atoms with Crippen molar-refractivity contribution in [3.05, 3.63) is 46.7 Å². The fraction of sp³-hybridized carbons (Fsp3) is 0.286. The molecule has 1 aliphatic carbocycles. The minimum Gasteiger partial charge on any atom is -0.354 e. The van der Waals surface area contributed by atoms with Gasteiger partial charge in [0.1, 0.15) is 5.69 Å². The molecule has 19 heavy (non-hydrogen) atoms. The molecule has 1 fully saturated rings. The van der Waals surface area contributed by atoms with Gasteiger partial charge in [0.2, 0.25) is 0 Å². The molecule has 0 spiro atoms. The number of aromatic nitrogens is 2. The maximum absolute atomic E-state index is 11.9. The molecule has 98 valence electrons. The van der Waals surface area contributed by atoms with Gasteiger partial charge < -0.3 is 5.32 Å². The third-order valence-electron chi connectivity index (χ3n) is 3.24. The van der Waals surface area contributed by atoms with Gasteiger partial charge in [-0.15, -0.1) is 0 Å². The molecule has 0 aliphatic heterocycles. The van der Waals surface area contributed by atoms with E-state index in [1.54, 1.807) is 23.9 Å². The Balaban J connectivity index is 2.10. The van der Waals surface area contributed by atoms with Gasteiger partial charge in [-0.1, -0.05) is 17.7 Å². The third-order valence-corrected chi connectivity index (χ3v) is 3.47. The number of benzene rings is 1. The standard InChI is InChI=1S/C14H14ClN3O/c1-16-14(19)13-8-12(9-5-6-9)17-18(13)11-4-2-3-10(15)7-11/h2-4,7-9H,5-6H2,1H3,(H,16,19). The Bertz CT molecular complexity index is 631. The smallest absolute Gasteiger partial charge is 0.269 e. The summed E-state index contributed by atoms with van der Waals surface area (Å²) in [6.45, 7) is 0. The number of carbonyl (C=O) groups excluding carboxylic acids is 1. The van der Waals surface area contributed by atoms with Gasteiger partial charge in [-0.25, -0.2) is 4.68 Å². The van der Waals surface area contributed by atoms with Crippen molar-refractivity contribution in [2.24, 2.45) is 0 Å². The molecule has 1 aromatic carbocycles. The fourth-order valence-corrected chi connectivity index (χ4v) is 2.26. The van der Waals surface area contributed by atoms with Crippen LogP contribution < -0.4 is 5.32 Å². The molecule has 1 amide bonds. The normalized spacial score (nSPS) is 14.4. The quantitative estimate of drug-likeness (QED) is 0.936. The molecule has 0 radical (unpaired) electrons. The van der Waals surface area contributed by atoms with E-state index in [2.05, 4.69) is 10.4 Å². The lowest BCUT2D eigenvalue weighted by Gasteiger charge is -2.06. The molecule has 1 saturated carbocycles. The summed E-state index contributed by atoms with van der Waals surface area (Å²) in [6.07, 6.45) is 2.31. The molecular formula is C14H14ClN3O. The van der Waals surface area contributed by atoms with Crippen molar-refractivity contribution in [3.63, 3.8) is 0 Å². The van der Waals surface area contributed by atoms with E-state index in [1.165, 1.54) is 0 Å². The lowest BCUT2D eigenvalue weighted by atomic mass is 10.2. The molecule has 1 aromatic heterocycles. The average Bonchev–Trinajstić information content (AvgIpc) is 3.17. The Morgan fingerprint density at radius 1 is 1.42 bits per heavy atom. The van der Waals surface area contributed by atoms with Gasteiger partial charge in [0, 0.05) is 18.0 Å². The van der Waals surface area contributed by atoms with Crippen molar-refractivity contribution in [1.29, 1.82) is 0 Å². The monoisotopic (exact) mass is 275 g/mol. The molecule has 5 heteroatoms. The molecule has 1 N–H and O–H groups in total. The molecule has 0 bridgehead atoms. The lowest BCUT2D eigenvalue weighted by Crippen LogP contribution is -2.21. The van der Waals surface area contributed by atoms with E-state index in [-0.39, 0.29) is 5.91 Å². The van der Waals surface area contributed by atoms with Gasteiger partial charge in [-0.05, 0) is 37.1 Å². The molecule has 0 unspecified atom stereocenters. The first-order valence-corrected chi connectivity index (χ1v) is 6.65. The van der Waals surface area contributed by atoms with E-state index in [1.807, 2.05) is 18.2 Å². The number of halogens is 1. The van der Waals surface area contributed by atoms with Gasteiger partial charge in [-0.3, -0.25) is 4.79 Å². The second kappa shape index (κ2) is 4.70. The Morgan fingerprint density at radius 2 is 2.21 bits per heavy atom. The molecule has 3 rings (SSSR count). The first-order chi connectivity index (χ1) is 9.19. The first-order valence-electron chi connectivity index (χ1n) is 6.27. The number of hydrogen-bond acceptors (Lipinski definition) is 2. The number of carbonyl (C=O) groups is 1. The zero-order valence-corrected chi connectivity index (χ0v) is 11.3. The van der Waals surface area contributed by atoms with Crippen LogP contribution in [-0.2, 0) is 0 Å². The van der Waals surface area contributed by atoms with Crippen molar-refractivity contribution in [1.82, 2.24) is 15.1 Å². The molecule has 1 heterocycles. The van der Waals surface area contributed by atoms with Crippen molar-refractivity contribution in [2.75, 3.05) is 7.05 Å². The van der Waals surface area contributed by atoms with Crippen LogP contribution in [0.4, 0.5) is 0 Å². The van der Waals surface area contributed by atoms with Crippen LogP contribution >= 0.6 is 11.6 Å². The summed E-state index contributed by atoms with van der Waals surface area (Å²) in [5.41, 5.74) is 2.34. The number of nitrogens with zero attached hydrogens (tertiary/aromatic N) is 2. The second-order valence-electron chi connectivity index (χ2n) is 4.70. The van der Waals surface area contributed by atoms with Gasteiger partial charge in [0.15, 0.2) is 0 Å². The van der Waals surface area contributed by atoms with Crippen molar-refractivity contribution in [2.45, 2.75) is 18.8 Å². The molecular weight excluding hydrogens is 262 g/mol. The van der Waals surface area contributed by atoms with E-state index in [4.69, 9.17) is 11.6 Å². The first kappa shape index (κ1) is 12.2. The van der Waals surface area contributed by atoms with Crippen LogP contribution in [0.2, 0.25) is 5.02 Å². The summed E-state index contributed by atoms with van der Waals surface area (Å²) >= 11 is 6.00. The average molecular weight is 276 g/mol. The van der Waals surface area contributed by atoms with Gasteiger partial charge >= 0.3 is 0 Å². The molecule has 1 aliphatic rings. The number of nitrogens with one attached hydrogen (secondary N) is 1. The van der Waals surface area contributed by atoms with E-state index >= 15 is 0 Å². The van der Waals surface area contributed by atoms with Crippen molar-refractivity contribution >= 4 is 17.5 Å². The number of rotatable bonds is 3. The largest absolute Gasteiger partial charge is 0.354 e. The Kier molecular flexibility index (Phi) is 3.03. The van der Waals surface area contributed by atoms with E-state index < -0.39 is 0 Å². The number of amides is 1. The lowest BCUT2D eigenvalue weighted by molar-refractivity contribution is 0.0955. The highest BCUT2D eigenvalue weighted by atomic mass is 35.5. The van der Waals surface area contributed by atoms with Crippen LogP contribution in [-0.4, -0.2) is 22.7 Å². The van der Waals surface area contributed by atoms with Crippen LogP contribution in [0.5, 0.6) is 0 Å². The van der Waals surface area contributed by atoms with E-state index in [0.717, 1.165) is 24.2 Å². The second-order valence-corrected chi connectivity index (χ2v) is 5.14. The van der Waals surface area contributed by atoms with Crippen molar-refractivity contribution in [3.8, 4) is 5.69 Å². The summed E-state index contributed by atoms with van der Waals surface area (Å²) in [5, 5.41) is 7.82. The Hall–Kier alpha value is -1.81. The summed E-state index contributed by atoms with van der Waals surface area (Å²) in [4.78, 5) is 11.9. The minimum atomic E-state index is -0.139. The molecule has 0 atom stereocenters. The number of hydrogen-bond donors (Lipinski definition) is 1. The molecule has 2 aromatic rings. The predicted molar refractivity (Wildman–Crippen MR) is 73.9 cm³/mol.